The van der Waals surface area contributed by atoms with Gasteiger partial charge >= 0.3 is 0 Å². The van der Waals surface area contributed by atoms with Crippen LogP contribution in [0.1, 0.15) is 28.4 Å². The molecule has 0 radical (unpaired) electrons. The number of carbonyl (C=O) groups excluding carboxylic acids is 2. The highest BCUT2D eigenvalue weighted by molar-refractivity contribution is 5.96. The second kappa shape index (κ2) is 6.72. The number of hydrogen-bond acceptors (Lipinski definition) is 3. The van der Waals surface area contributed by atoms with Crippen LogP contribution in [0.4, 0.5) is 0 Å². The Morgan fingerprint density at radius 3 is 2.76 bits per heavy atom. The fourth-order valence-corrected chi connectivity index (χ4v) is 2.30. The Hall–Kier alpha value is -1.88. The molecule has 0 aliphatic carbocycles. The van der Waals surface area contributed by atoms with E-state index in [0.29, 0.717) is 25.3 Å². The van der Waals surface area contributed by atoms with Gasteiger partial charge in [-0.2, -0.15) is 0 Å². The summed E-state index contributed by atoms with van der Waals surface area (Å²) >= 11 is 0. The molecule has 1 aromatic rings. The molecule has 0 bridgehead atoms. The highest BCUT2D eigenvalue weighted by Gasteiger charge is 2.21. The number of carbonyl (C=O) groups is 2. The van der Waals surface area contributed by atoms with Gasteiger partial charge in [0, 0.05) is 18.7 Å². The molecule has 0 aromatic heterocycles. The van der Waals surface area contributed by atoms with E-state index in [4.69, 9.17) is 4.74 Å². The predicted molar refractivity (Wildman–Crippen MR) is 80.2 cm³/mol. The van der Waals surface area contributed by atoms with Gasteiger partial charge in [0.25, 0.3) is 5.91 Å². The number of amides is 2. The zero-order valence-corrected chi connectivity index (χ0v) is 12.8. The van der Waals surface area contributed by atoms with E-state index in [0.717, 1.165) is 11.1 Å². The molecule has 0 unspecified atom stereocenters. The Morgan fingerprint density at radius 2 is 2.10 bits per heavy atom. The molecule has 5 nitrogen and oxygen atoms in total. The lowest BCUT2D eigenvalue weighted by atomic mass is 10.1. The van der Waals surface area contributed by atoms with Gasteiger partial charge in [-0.25, -0.2) is 0 Å². The molecule has 114 valence electrons. The standard InChI is InChI=1S/C16H22N2O3/c1-11-4-5-14(8-12(11)2)16(20)17-9-15(19)18-6-7-21-13(3)10-18/h4-5,8,13H,6-7,9-10H2,1-3H3,(H,17,20)/t13-/m1/s1. The van der Waals surface area contributed by atoms with Crippen molar-refractivity contribution in [3.8, 4) is 0 Å². The molecule has 1 aliphatic rings. The number of benzene rings is 1. The van der Waals surface area contributed by atoms with Crippen molar-refractivity contribution in [3.05, 3.63) is 34.9 Å². The first kappa shape index (κ1) is 15.5. The van der Waals surface area contributed by atoms with E-state index < -0.39 is 0 Å². The number of rotatable bonds is 3. The van der Waals surface area contributed by atoms with Gasteiger partial charge in [-0.3, -0.25) is 9.59 Å². The lowest BCUT2D eigenvalue weighted by Gasteiger charge is -2.31. The molecular formula is C16H22N2O3. The molecule has 1 N–H and O–H groups in total. The van der Waals surface area contributed by atoms with Crippen LogP contribution in [0.2, 0.25) is 0 Å². The first-order valence-electron chi connectivity index (χ1n) is 7.22. The smallest absolute Gasteiger partial charge is 0.251 e. The second-order valence-electron chi connectivity index (χ2n) is 5.50. The molecule has 0 spiro atoms. The van der Waals surface area contributed by atoms with E-state index in [9.17, 15) is 9.59 Å². The van der Waals surface area contributed by atoms with E-state index in [1.807, 2.05) is 32.9 Å². The SMILES string of the molecule is Cc1ccc(C(=O)NCC(=O)N2CCO[C@H](C)C2)cc1C. The summed E-state index contributed by atoms with van der Waals surface area (Å²) in [6.45, 7) is 7.65. The van der Waals surface area contributed by atoms with Crippen LogP contribution in [0.25, 0.3) is 0 Å². The number of nitrogens with zero attached hydrogens (tertiary/aromatic N) is 1. The third-order valence-corrected chi connectivity index (χ3v) is 3.76. The number of nitrogens with one attached hydrogen (secondary N) is 1. The van der Waals surface area contributed by atoms with E-state index in [2.05, 4.69) is 5.32 Å². The molecular weight excluding hydrogens is 268 g/mol. The van der Waals surface area contributed by atoms with Gasteiger partial charge in [0.15, 0.2) is 0 Å². The summed E-state index contributed by atoms with van der Waals surface area (Å²) in [7, 11) is 0. The van der Waals surface area contributed by atoms with Crippen LogP contribution in [-0.4, -0.2) is 49.1 Å². The lowest BCUT2D eigenvalue weighted by Crippen LogP contribution is -2.48. The van der Waals surface area contributed by atoms with Crippen molar-refractivity contribution in [2.45, 2.75) is 26.9 Å². The van der Waals surface area contributed by atoms with Gasteiger partial charge in [-0.05, 0) is 44.0 Å². The van der Waals surface area contributed by atoms with Crippen LogP contribution in [-0.2, 0) is 9.53 Å². The highest BCUT2D eigenvalue weighted by atomic mass is 16.5. The maximum Gasteiger partial charge on any atom is 0.251 e. The molecule has 1 atom stereocenters. The lowest BCUT2D eigenvalue weighted by molar-refractivity contribution is -0.137. The molecule has 1 aliphatic heterocycles. The average molecular weight is 290 g/mol. The molecule has 2 rings (SSSR count). The first-order chi connectivity index (χ1) is 9.97. The van der Waals surface area contributed by atoms with Crippen LogP contribution in [0, 0.1) is 13.8 Å². The summed E-state index contributed by atoms with van der Waals surface area (Å²) in [6, 6.07) is 5.53. The van der Waals surface area contributed by atoms with Crippen LogP contribution in [0.3, 0.4) is 0 Å². The van der Waals surface area contributed by atoms with E-state index in [1.54, 1.807) is 11.0 Å². The molecule has 21 heavy (non-hydrogen) atoms. The molecule has 1 heterocycles. The summed E-state index contributed by atoms with van der Waals surface area (Å²) < 4.78 is 5.40. The van der Waals surface area contributed by atoms with Gasteiger partial charge < -0.3 is 15.0 Å². The minimum Gasteiger partial charge on any atom is -0.375 e. The first-order valence-corrected chi connectivity index (χ1v) is 7.22. The van der Waals surface area contributed by atoms with Crippen LogP contribution < -0.4 is 5.32 Å². The van der Waals surface area contributed by atoms with Crippen molar-refractivity contribution in [2.75, 3.05) is 26.2 Å². The van der Waals surface area contributed by atoms with Crippen molar-refractivity contribution in [2.24, 2.45) is 0 Å². The normalized spacial score (nSPS) is 18.4. The third kappa shape index (κ3) is 4.04. The van der Waals surface area contributed by atoms with E-state index >= 15 is 0 Å². The number of aryl methyl sites for hydroxylation is 2. The summed E-state index contributed by atoms with van der Waals surface area (Å²) in [4.78, 5) is 25.8. The Labute approximate surface area is 125 Å². The zero-order valence-electron chi connectivity index (χ0n) is 12.8. The van der Waals surface area contributed by atoms with Crippen molar-refractivity contribution in [3.63, 3.8) is 0 Å². The summed E-state index contributed by atoms with van der Waals surface area (Å²) in [6.07, 6.45) is 0.0538. The fraction of sp³-hybridized carbons (Fsp3) is 0.500. The second-order valence-corrected chi connectivity index (χ2v) is 5.50. The molecule has 5 heteroatoms. The predicted octanol–water partition coefficient (Wildman–Crippen LogP) is 1.28. The average Bonchev–Trinajstić information content (AvgIpc) is 2.47. The largest absolute Gasteiger partial charge is 0.375 e. The molecule has 2 amide bonds. The van der Waals surface area contributed by atoms with E-state index in [-0.39, 0.29) is 24.5 Å². The van der Waals surface area contributed by atoms with Crippen molar-refractivity contribution in [1.29, 1.82) is 0 Å². The van der Waals surface area contributed by atoms with Gasteiger partial charge in [0.2, 0.25) is 5.91 Å². The van der Waals surface area contributed by atoms with Crippen molar-refractivity contribution >= 4 is 11.8 Å². The zero-order chi connectivity index (χ0) is 15.4. The van der Waals surface area contributed by atoms with Crippen LogP contribution in [0.15, 0.2) is 18.2 Å². The third-order valence-electron chi connectivity index (χ3n) is 3.76. The Kier molecular flexibility index (Phi) is 4.96. The quantitative estimate of drug-likeness (QED) is 0.912. The molecule has 1 aromatic carbocycles. The maximum atomic E-state index is 12.1. The molecule has 1 saturated heterocycles. The highest BCUT2D eigenvalue weighted by Crippen LogP contribution is 2.09. The van der Waals surface area contributed by atoms with Crippen molar-refractivity contribution < 1.29 is 14.3 Å². The summed E-state index contributed by atoms with van der Waals surface area (Å²) in [5.41, 5.74) is 2.79. The Bertz CT molecular complexity index is 542. The molecule has 0 saturated carbocycles. The van der Waals surface area contributed by atoms with E-state index in [1.165, 1.54) is 0 Å². The van der Waals surface area contributed by atoms with Crippen LogP contribution >= 0.6 is 0 Å². The Balaban J connectivity index is 1.88. The van der Waals surface area contributed by atoms with Gasteiger partial charge in [-0.15, -0.1) is 0 Å². The van der Waals surface area contributed by atoms with Gasteiger partial charge in [0.1, 0.15) is 0 Å². The minimum absolute atomic E-state index is 0.0263. The van der Waals surface area contributed by atoms with Gasteiger partial charge in [-0.1, -0.05) is 6.07 Å². The minimum atomic E-state index is -0.215. The molecule has 1 fully saturated rings. The monoisotopic (exact) mass is 290 g/mol. The topological polar surface area (TPSA) is 58.6 Å². The van der Waals surface area contributed by atoms with Gasteiger partial charge in [0.05, 0.1) is 19.3 Å². The van der Waals surface area contributed by atoms with Crippen LogP contribution in [0.5, 0.6) is 0 Å². The fourth-order valence-electron chi connectivity index (χ4n) is 2.30. The summed E-state index contributed by atoms with van der Waals surface area (Å²) in [5.74, 6) is -0.282. The summed E-state index contributed by atoms with van der Waals surface area (Å²) in [5, 5.41) is 2.69. The van der Waals surface area contributed by atoms with Crippen molar-refractivity contribution in [1.82, 2.24) is 10.2 Å². The number of hydrogen-bond donors (Lipinski definition) is 1. The number of ether oxygens (including phenoxy) is 1. The maximum absolute atomic E-state index is 12.1. The number of morpholine rings is 1. The Morgan fingerprint density at radius 1 is 1.33 bits per heavy atom.